The Hall–Kier alpha value is -1.53. The maximum Gasteiger partial charge on any atom is 0.277 e. The first-order valence-electron chi connectivity index (χ1n) is 4.93. The Morgan fingerprint density at radius 1 is 1.56 bits per heavy atom. The van der Waals surface area contributed by atoms with Crippen molar-refractivity contribution in [2.75, 3.05) is 19.8 Å². The van der Waals surface area contributed by atoms with Crippen molar-refractivity contribution in [3.05, 3.63) is 39.7 Å². The number of nitro benzene ring substituents is 1. The standard InChI is InChI=1S/C10H11FN2O3/c11-7-1-2-8(10(5-7)13(14)15)9-6-16-4-3-12-9/h1-2,5,9,12H,3-4,6H2/t9-/m0/s1. The second-order valence-electron chi connectivity index (χ2n) is 3.54. The highest BCUT2D eigenvalue weighted by molar-refractivity contribution is 5.42. The van der Waals surface area contributed by atoms with Gasteiger partial charge in [0, 0.05) is 12.1 Å². The zero-order valence-electron chi connectivity index (χ0n) is 8.48. The summed E-state index contributed by atoms with van der Waals surface area (Å²) in [6, 6.07) is 3.35. The van der Waals surface area contributed by atoms with E-state index in [4.69, 9.17) is 4.74 Å². The van der Waals surface area contributed by atoms with Crippen molar-refractivity contribution in [3.8, 4) is 0 Å². The Morgan fingerprint density at radius 3 is 3.00 bits per heavy atom. The number of nitrogens with zero attached hydrogens (tertiary/aromatic N) is 1. The van der Waals surface area contributed by atoms with E-state index in [-0.39, 0.29) is 11.7 Å². The molecule has 0 spiro atoms. The fraction of sp³-hybridized carbons (Fsp3) is 0.400. The largest absolute Gasteiger partial charge is 0.378 e. The molecule has 1 saturated heterocycles. The van der Waals surface area contributed by atoms with Crippen molar-refractivity contribution in [2.45, 2.75) is 6.04 Å². The molecule has 5 nitrogen and oxygen atoms in total. The molecule has 0 amide bonds. The van der Waals surface area contributed by atoms with Crippen molar-refractivity contribution < 1.29 is 14.1 Å². The first-order valence-corrected chi connectivity index (χ1v) is 4.93. The zero-order valence-corrected chi connectivity index (χ0v) is 8.48. The normalized spacial score (nSPS) is 20.7. The Labute approximate surface area is 91.4 Å². The third kappa shape index (κ3) is 2.17. The van der Waals surface area contributed by atoms with E-state index >= 15 is 0 Å². The topological polar surface area (TPSA) is 64.4 Å². The lowest BCUT2D eigenvalue weighted by molar-refractivity contribution is -0.386. The van der Waals surface area contributed by atoms with Crippen molar-refractivity contribution >= 4 is 5.69 Å². The zero-order chi connectivity index (χ0) is 11.5. The third-order valence-electron chi connectivity index (χ3n) is 2.49. The molecule has 16 heavy (non-hydrogen) atoms. The van der Waals surface area contributed by atoms with Gasteiger partial charge in [-0.2, -0.15) is 0 Å². The highest BCUT2D eigenvalue weighted by atomic mass is 19.1. The summed E-state index contributed by atoms with van der Waals surface area (Å²) in [5, 5.41) is 13.9. The number of morpholine rings is 1. The van der Waals surface area contributed by atoms with Crippen LogP contribution in [0.4, 0.5) is 10.1 Å². The summed E-state index contributed by atoms with van der Waals surface area (Å²) in [6.45, 7) is 1.59. The highest BCUT2D eigenvalue weighted by Gasteiger charge is 2.24. The summed E-state index contributed by atoms with van der Waals surface area (Å²) in [5.74, 6) is -0.604. The van der Waals surface area contributed by atoms with E-state index in [1.54, 1.807) is 0 Å². The number of halogens is 1. The maximum atomic E-state index is 12.9. The predicted octanol–water partition coefficient (Wildman–Crippen LogP) is 1.39. The van der Waals surface area contributed by atoms with E-state index in [1.807, 2.05) is 0 Å². The lowest BCUT2D eigenvalue weighted by Gasteiger charge is -2.23. The minimum atomic E-state index is -0.604. The van der Waals surface area contributed by atoms with Crippen LogP contribution in [0.15, 0.2) is 18.2 Å². The quantitative estimate of drug-likeness (QED) is 0.611. The second kappa shape index (κ2) is 4.54. The lowest BCUT2D eigenvalue weighted by Crippen LogP contribution is -2.34. The minimum Gasteiger partial charge on any atom is -0.378 e. The number of hydrogen-bond acceptors (Lipinski definition) is 4. The number of benzene rings is 1. The van der Waals surface area contributed by atoms with Crippen molar-refractivity contribution in [2.24, 2.45) is 0 Å². The monoisotopic (exact) mass is 226 g/mol. The van der Waals surface area contributed by atoms with E-state index in [0.717, 1.165) is 6.07 Å². The van der Waals surface area contributed by atoms with Gasteiger partial charge in [0.05, 0.1) is 30.2 Å². The molecule has 6 heteroatoms. The molecule has 1 aliphatic heterocycles. The van der Waals surface area contributed by atoms with Crippen LogP contribution in [0.3, 0.4) is 0 Å². The molecule has 1 aromatic rings. The lowest BCUT2D eigenvalue weighted by atomic mass is 10.0. The van der Waals surface area contributed by atoms with Gasteiger partial charge < -0.3 is 10.1 Å². The summed E-state index contributed by atoms with van der Waals surface area (Å²) in [4.78, 5) is 10.2. The van der Waals surface area contributed by atoms with Gasteiger partial charge in [0.2, 0.25) is 0 Å². The molecule has 0 bridgehead atoms. The second-order valence-corrected chi connectivity index (χ2v) is 3.54. The fourth-order valence-electron chi connectivity index (χ4n) is 1.73. The Balaban J connectivity index is 2.34. The molecule has 1 atom stereocenters. The minimum absolute atomic E-state index is 0.206. The highest BCUT2D eigenvalue weighted by Crippen LogP contribution is 2.27. The van der Waals surface area contributed by atoms with E-state index in [1.165, 1.54) is 12.1 Å². The average Bonchev–Trinajstić information content (AvgIpc) is 2.30. The van der Waals surface area contributed by atoms with E-state index in [9.17, 15) is 14.5 Å². The van der Waals surface area contributed by atoms with Crippen LogP contribution >= 0.6 is 0 Å². The molecule has 0 unspecified atom stereocenters. The molecule has 1 aromatic carbocycles. The molecule has 0 saturated carbocycles. The molecule has 1 N–H and O–H groups in total. The van der Waals surface area contributed by atoms with Gasteiger partial charge in [0.1, 0.15) is 5.82 Å². The summed E-state index contributed by atoms with van der Waals surface area (Å²) >= 11 is 0. The van der Waals surface area contributed by atoms with Crippen LogP contribution in [0, 0.1) is 15.9 Å². The van der Waals surface area contributed by atoms with Crippen molar-refractivity contribution in [3.63, 3.8) is 0 Å². The van der Waals surface area contributed by atoms with Crippen LogP contribution in [0.2, 0.25) is 0 Å². The molecule has 0 aliphatic carbocycles. The molecule has 1 heterocycles. The van der Waals surface area contributed by atoms with Crippen LogP contribution in [0.25, 0.3) is 0 Å². The van der Waals surface area contributed by atoms with Gasteiger partial charge in [0.25, 0.3) is 5.69 Å². The molecule has 86 valence electrons. The van der Waals surface area contributed by atoms with E-state index < -0.39 is 10.7 Å². The third-order valence-corrected chi connectivity index (χ3v) is 2.49. The number of hydrogen-bond donors (Lipinski definition) is 1. The summed E-state index contributed by atoms with van der Waals surface area (Å²) in [5.41, 5.74) is 0.258. The number of nitrogens with one attached hydrogen (secondary N) is 1. The number of nitro groups is 1. The van der Waals surface area contributed by atoms with Gasteiger partial charge in [-0.1, -0.05) is 0 Å². The smallest absolute Gasteiger partial charge is 0.277 e. The Kier molecular flexibility index (Phi) is 3.12. The number of ether oxygens (including phenoxy) is 1. The van der Waals surface area contributed by atoms with Gasteiger partial charge >= 0.3 is 0 Å². The molecule has 1 fully saturated rings. The first-order chi connectivity index (χ1) is 7.68. The van der Waals surface area contributed by atoms with Crippen LogP contribution in [-0.2, 0) is 4.74 Å². The van der Waals surface area contributed by atoms with Gasteiger partial charge in [-0.15, -0.1) is 0 Å². The SMILES string of the molecule is O=[N+]([O-])c1cc(F)ccc1[C@@H]1COCCN1. The van der Waals surface area contributed by atoms with Gasteiger partial charge in [0.15, 0.2) is 0 Å². The Morgan fingerprint density at radius 2 is 2.38 bits per heavy atom. The molecular formula is C10H11FN2O3. The number of rotatable bonds is 2. The summed E-state index contributed by atoms with van der Waals surface area (Å²) in [6.07, 6.45) is 0. The van der Waals surface area contributed by atoms with Crippen LogP contribution in [0.1, 0.15) is 11.6 Å². The summed E-state index contributed by atoms with van der Waals surface area (Å²) < 4.78 is 18.1. The molecule has 0 radical (unpaired) electrons. The van der Waals surface area contributed by atoms with Crippen molar-refractivity contribution in [1.29, 1.82) is 0 Å². The van der Waals surface area contributed by atoms with Gasteiger partial charge in [-0.25, -0.2) is 4.39 Å². The van der Waals surface area contributed by atoms with E-state index in [2.05, 4.69) is 5.32 Å². The molecule has 1 aliphatic rings. The predicted molar refractivity (Wildman–Crippen MR) is 54.6 cm³/mol. The van der Waals surface area contributed by atoms with Crippen molar-refractivity contribution in [1.82, 2.24) is 5.32 Å². The van der Waals surface area contributed by atoms with Crippen LogP contribution in [0.5, 0.6) is 0 Å². The fourth-order valence-corrected chi connectivity index (χ4v) is 1.73. The van der Waals surface area contributed by atoms with Crippen LogP contribution < -0.4 is 5.32 Å². The molecule has 0 aromatic heterocycles. The van der Waals surface area contributed by atoms with Gasteiger partial charge in [-0.3, -0.25) is 10.1 Å². The van der Waals surface area contributed by atoms with Gasteiger partial charge in [-0.05, 0) is 12.1 Å². The summed E-state index contributed by atoms with van der Waals surface area (Å²) in [7, 11) is 0. The van der Waals surface area contributed by atoms with Crippen LogP contribution in [-0.4, -0.2) is 24.7 Å². The molecular weight excluding hydrogens is 215 g/mol. The van der Waals surface area contributed by atoms with E-state index in [0.29, 0.717) is 25.3 Å². The average molecular weight is 226 g/mol. The first kappa shape index (κ1) is 11.0. The Bertz CT molecular complexity index is 405. The maximum absolute atomic E-state index is 12.9. The molecule has 2 rings (SSSR count).